The minimum absolute atomic E-state index is 0.0138. The number of pyridine rings is 1. The number of likely N-dealkylation sites (N-methyl/N-ethyl adjacent to an activating group) is 1. The number of halogens is 2. The zero-order chi connectivity index (χ0) is 17.8. The van der Waals surface area contributed by atoms with Crippen LogP contribution in [0.1, 0.15) is 17.6 Å². The normalized spacial score (nSPS) is 12.0. The zero-order valence-corrected chi connectivity index (χ0v) is 17.0. The molecule has 0 fully saturated rings. The minimum atomic E-state index is 0.0138. The lowest BCUT2D eigenvalue weighted by Crippen LogP contribution is -2.25. The van der Waals surface area contributed by atoms with Gasteiger partial charge in [-0.2, -0.15) is 0 Å². The molecule has 2 N–H and O–H groups in total. The van der Waals surface area contributed by atoms with Gasteiger partial charge in [-0.25, -0.2) is 4.98 Å². The molecular weight excluding hydrogens is 422 g/mol. The van der Waals surface area contributed by atoms with Crippen molar-refractivity contribution in [1.82, 2.24) is 10.3 Å². The predicted octanol–water partition coefficient (Wildman–Crippen LogP) is 5.07. The van der Waals surface area contributed by atoms with E-state index in [1.807, 2.05) is 20.0 Å². The highest BCUT2D eigenvalue weighted by molar-refractivity contribution is 9.10. The van der Waals surface area contributed by atoms with E-state index in [0.717, 1.165) is 21.4 Å². The highest BCUT2D eigenvalue weighted by atomic mass is 79.9. The molecule has 0 aliphatic carbocycles. The Bertz CT molecular complexity index is 927. The second kappa shape index (κ2) is 8.24. The second-order valence-corrected chi connectivity index (χ2v) is 7.59. The van der Waals surface area contributed by atoms with Gasteiger partial charge >= 0.3 is 0 Å². The summed E-state index contributed by atoms with van der Waals surface area (Å²) < 4.78 is 6.92. The first-order valence-electron chi connectivity index (χ1n) is 7.75. The molecule has 1 atom stereocenters. The number of thiophene rings is 1. The number of furan rings is 1. The Balaban J connectivity index is 1.94. The van der Waals surface area contributed by atoms with E-state index in [2.05, 4.69) is 54.8 Å². The lowest BCUT2D eigenvalue weighted by Gasteiger charge is -2.07. The van der Waals surface area contributed by atoms with E-state index >= 15 is 0 Å². The molecule has 0 spiro atoms. The first-order valence-corrected chi connectivity index (χ1v) is 9.80. The second-order valence-electron chi connectivity index (χ2n) is 5.38. The summed E-state index contributed by atoms with van der Waals surface area (Å²) in [5, 5.41) is 9.05. The molecule has 0 unspecified atom stereocenters. The van der Waals surface area contributed by atoms with Crippen molar-refractivity contribution < 1.29 is 4.42 Å². The van der Waals surface area contributed by atoms with Crippen LogP contribution < -0.4 is 10.6 Å². The molecule has 0 saturated carbocycles. The maximum absolute atomic E-state index is 6.20. The monoisotopic (exact) mass is 437 g/mol. The summed E-state index contributed by atoms with van der Waals surface area (Å²) in [6, 6.07) is 5.92. The lowest BCUT2D eigenvalue weighted by atomic mass is 10.2. The van der Waals surface area contributed by atoms with Crippen LogP contribution in [0.5, 0.6) is 0 Å². The Morgan fingerprint density at radius 3 is 3.00 bits per heavy atom. The van der Waals surface area contributed by atoms with E-state index in [9.17, 15) is 0 Å². The van der Waals surface area contributed by atoms with Crippen LogP contribution in [0.4, 0.5) is 5.69 Å². The molecule has 0 amide bonds. The van der Waals surface area contributed by atoms with Gasteiger partial charge in [-0.15, -0.1) is 17.3 Å². The maximum atomic E-state index is 6.20. The van der Waals surface area contributed by atoms with Crippen LogP contribution in [0.2, 0.25) is 5.15 Å². The van der Waals surface area contributed by atoms with E-state index in [4.69, 9.17) is 16.0 Å². The number of hydrogen-bond donors (Lipinski definition) is 2. The van der Waals surface area contributed by atoms with Gasteiger partial charge in [-0.3, -0.25) is 0 Å². The summed E-state index contributed by atoms with van der Waals surface area (Å²) >= 11 is 11.5. The highest BCUT2D eigenvalue weighted by Crippen LogP contribution is 2.36. The van der Waals surface area contributed by atoms with Gasteiger partial charge in [0, 0.05) is 23.9 Å². The molecule has 0 bridgehead atoms. The molecule has 0 radical (unpaired) electrons. The fourth-order valence-corrected chi connectivity index (χ4v) is 3.85. The Labute approximate surface area is 164 Å². The van der Waals surface area contributed by atoms with Crippen LogP contribution in [-0.4, -0.2) is 18.1 Å². The van der Waals surface area contributed by atoms with Crippen LogP contribution in [0, 0.1) is 11.8 Å². The molecule has 0 saturated heterocycles. The number of rotatable bonds is 6. The first kappa shape index (κ1) is 18.3. The SMILES string of the molecule is CC#C[C@@H](Cc1oc2c(NCc3cccs3)cc(Cl)nc2c1Br)NC. The molecule has 3 heterocycles. The van der Waals surface area contributed by atoms with Crippen molar-refractivity contribution in [3.05, 3.63) is 43.8 Å². The quantitative estimate of drug-likeness (QED) is 0.417. The standard InChI is InChI=1S/C18H17BrClN3OS/c1-3-5-11(21-2)8-14-16(19)17-18(24-14)13(9-15(20)23-17)22-10-12-6-4-7-25-12/h4,6-7,9,11,21H,8,10H2,1-2H3,(H,22,23)/t11-/m0/s1. The van der Waals surface area contributed by atoms with Crippen molar-refractivity contribution in [3.8, 4) is 11.8 Å². The average Bonchev–Trinajstić information content (AvgIpc) is 3.22. The highest BCUT2D eigenvalue weighted by Gasteiger charge is 2.19. The van der Waals surface area contributed by atoms with Crippen molar-refractivity contribution in [2.45, 2.75) is 25.9 Å². The number of anilines is 1. The van der Waals surface area contributed by atoms with Crippen molar-refractivity contribution in [3.63, 3.8) is 0 Å². The maximum Gasteiger partial charge on any atom is 0.177 e. The van der Waals surface area contributed by atoms with Gasteiger partial charge < -0.3 is 15.1 Å². The average molecular weight is 439 g/mol. The summed E-state index contributed by atoms with van der Waals surface area (Å²) in [5.41, 5.74) is 2.25. The van der Waals surface area contributed by atoms with Crippen molar-refractivity contribution in [1.29, 1.82) is 0 Å². The molecule has 3 rings (SSSR count). The largest absolute Gasteiger partial charge is 0.456 e. The van der Waals surface area contributed by atoms with Gasteiger partial charge in [0.15, 0.2) is 5.58 Å². The first-order chi connectivity index (χ1) is 12.1. The molecule has 7 heteroatoms. The summed E-state index contributed by atoms with van der Waals surface area (Å²) in [6.45, 7) is 2.53. The Hall–Kier alpha value is -1.52. The smallest absolute Gasteiger partial charge is 0.177 e. The van der Waals surface area contributed by atoms with E-state index < -0.39 is 0 Å². The summed E-state index contributed by atoms with van der Waals surface area (Å²) in [7, 11) is 1.88. The van der Waals surface area contributed by atoms with Crippen LogP contribution in [-0.2, 0) is 13.0 Å². The van der Waals surface area contributed by atoms with E-state index in [0.29, 0.717) is 23.7 Å². The van der Waals surface area contributed by atoms with Crippen LogP contribution in [0.15, 0.2) is 32.5 Å². The zero-order valence-electron chi connectivity index (χ0n) is 13.8. The summed E-state index contributed by atoms with van der Waals surface area (Å²) in [4.78, 5) is 5.65. The number of nitrogens with one attached hydrogen (secondary N) is 2. The van der Waals surface area contributed by atoms with Gasteiger partial charge in [-0.05, 0) is 41.3 Å². The molecular formula is C18H17BrClN3OS. The van der Waals surface area contributed by atoms with Crippen LogP contribution >= 0.6 is 38.9 Å². The number of hydrogen-bond acceptors (Lipinski definition) is 5. The fourth-order valence-electron chi connectivity index (χ4n) is 2.50. The Morgan fingerprint density at radius 2 is 2.32 bits per heavy atom. The molecule has 4 nitrogen and oxygen atoms in total. The lowest BCUT2D eigenvalue weighted by molar-refractivity contribution is 0.518. The topological polar surface area (TPSA) is 50.1 Å². The third-order valence-electron chi connectivity index (χ3n) is 3.71. The Kier molecular flexibility index (Phi) is 6.02. The third kappa shape index (κ3) is 4.18. The van der Waals surface area contributed by atoms with E-state index in [1.54, 1.807) is 17.4 Å². The van der Waals surface area contributed by atoms with Crippen molar-refractivity contribution in [2.75, 3.05) is 12.4 Å². The third-order valence-corrected chi connectivity index (χ3v) is 5.60. The predicted molar refractivity (Wildman–Crippen MR) is 108 cm³/mol. The number of nitrogens with zero attached hydrogens (tertiary/aromatic N) is 1. The molecule has 130 valence electrons. The molecule has 3 aromatic rings. The van der Waals surface area contributed by atoms with Gasteiger partial charge in [0.25, 0.3) is 0 Å². The van der Waals surface area contributed by atoms with Crippen LogP contribution in [0.3, 0.4) is 0 Å². The molecule has 0 aromatic carbocycles. The minimum Gasteiger partial charge on any atom is -0.456 e. The van der Waals surface area contributed by atoms with Crippen molar-refractivity contribution >= 4 is 55.7 Å². The van der Waals surface area contributed by atoms with Gasteiger partial charge in [0.1, 0.15) is 16.4 Å². The molecule has 25 heavy (non-hydrogen) atoms. The molecule has 0 aliphatic rings. The summed E-state index contributed by atoms with van der Waals surface area (Å²) in [5.74, 6) is 6.85. The van der Waals surface area contributed by atoms with Gasteiger partial charge in [-0.1, -0.05) is 23.6 Å². The van der Waals surface area contributed by atoms with Gasteiger partial charge in [0.2, 0.25) is 0 Å². The van der Waals surface area contributed by atoms with Gasteiger partial charge in [0.05, 0.1) is 16.2 Å². The van der Waals surface area contributed by atoms with E-state index in [-0.39, 0.29) is 6.04 Å². The summed E-state index contributed by atoms with van der Waals surface area (Å²) in [6.07, 6.45) is 0.635. The van der Waals surface area contributed by atoms with Crippen LogP contribution in [0.25, 0.3) is 11.1 Å². The van der Waals surface area contributed by atoms with Crippen molar-refractivity contribution in [2.24, 2.45) is 0 Å². The Morgan fingerprint density at radius 1 is 1.48 bits per heavy atom. The number of aromatic nitrogens is 1. The number of fused-ring (bicyclic) bond motifs is 1. The molecule has 0 aliphatic heterocycles. The fraction of sp³-hybridized carbons (Fsp3) is 0.278. The molecule has 3 aromatic heterocycles. The van der Waals surface area contributed by atoms with E-state index in [1.165, 1.54) is 4.88 Å².